The molecule has 0 saturated carbocycles. The Kier molecular flexibility index (Phi) is 6.02. The molecule has 5 heteroatoms. The monoisotopic (exact) mass is 265 g/mol. The molecule has 0 aliphatic carbocycles. The molecule has 0 unspecified atom stereocenters. The lowest BCUT2D eigenvalue weighted by Crippen LogP contribution is -2.30. The van der Waals surface area contributed by atoms with Gasteiger partial charge in [-0.25, -0.2) is 9.97 Å². The van der Waals surface area contributed by atoms with Gasteiger partial charge in [0, 0.05) is 32.2 Å². The molecule has 5 nitrogen and oxygen atoms in total. The van der Waals surface area contributed by atoms with Gasteiger partial charge in [0.15, 0.2) is 0 Å². The Labute approximate surface area is 117 Å². The lowest BCUT2D eigenvalue weighted by Gasteiger charge is -2.23. The quantitative estimate of drug-likeness (QED) is 0.816. The molecule has 1 N–H and O–H groups in total. The van der Waals surface area contributed by atoms with Crippen molar-refractivity contribution in [3.8, 4) is 0 Å². The van der Waals surface area contributed by atoms with Crippen LogP contribution in [0.25, 0.3) is 0 Å². The minimum Gasteiger partial charge on any atom is -0.370 e. The van der Waals surface area contributed by atoms with Crippen LogP contribution in [0.2, 0.25) is 0 Å². The van der Waals surface area contributed by atoms with Gasteiger partial charge in [0.05, 0.1) is 0 Å². The maximum Gasteiger partial charge on any atom is 0.137 e. The molecule has 0 fully saturated rings. The van der Waals surface area contributed by atoms with Gasteiger partial charge in [0.2, 0.25) is 0 Å². The van der Waals surface area contributed by atoms with Crippen LogP contribution in [-0.4, -0.2) is 55.6 Å². The van der Waals surface area contributed by atoms with Crippen molar-refractivity contribution in [1.82, 2.24) is 14.9 Å². The largest absolute Gasteiger partial charge is 0.370 e. The average Bonchev–Trinajstić information content (AvgIpc) is 2.36. The molecule has 0 aliphatic rings. The van der Waals surface area contributed by atoms with Crippen molar-refractivity contribution in [3.63, 3.8) is 0 Å². The van der Waals surface area contributed by atoms with Crippen LogP contribution in [-0.2, 0) is 0 Å². The third kappa shape index (κ3) is 4.67. The van der Waals surface area contributed by atoms with Gasteiger partial charge in [-0.2, -0.15) is 0 Å². The lowest BCUT2D eigenvalue weighted by atomic mass is 10.2. The fraction of sp³-hybridized carbons (Fsp3) is 0.714. The van der Waals surface area contributed by atoms with E-state index in [2.05, 4.69) is 60.1 Å². The van der Waals surface area contributed by atoms with E-state index in [0.29, 0.717) is 0 Å². The molecule has 0 bridgehead atoms. The van der Waals surface area contributed by atoms with Gasteiger partial charge in [0.1, 0.15) is 17.5 Å². The first-order chi connectivity index (χ1) is 8.95. The maximum absolute atomic E-state index is 4.58. The molecule has 0 amide bonds. The van der Waals surface area contributed by atoms with E-state index in [9.17, 15) is 0 Å². The Morgan fingerprint density at radius 1 is 1.05 bits per heavy atom. The molecule has 108 valence electrons. The van der Waals surface area contributed by atoms with Gasteiger partial charge in [-0.1, -0.05) is 6.92 Å². The van der Waals surface area contributed by atoms with Gasteiger partial charge < -0.3 is 15.1 Å². The second-order valence-corrected chi connectivity index (χ2v) is 5.22. The van der Waals surface area contributed by atoms with Crippen LogP contribution < -0.4 is 10.2 Å². The van der Waals surface area contributed by atoms with E-state index in [1.165, 1.54) is 0 Å². The van der Waals surface area contributed by atoms with Gasteiger partial charge >= 0.3 is 0 Å². The topological polar surface area (TPSA) is 44.3 Å². The van der Waals surface area contributed by atoms with E-state index in [4.69, 9.17) is 0 Å². The highest BCUT2D eigenvalue weighted by atomic mass is 15.2. The highest BCUT2D eigenvalue weighted by molar-refractivity contribution is 5.58. The third-order valence-electron chi connectivity index (χ3n) is 3.02. The highest BCUT2D eigenvalue weighted by Gasteiger charge is 2.12. The van der Waals surface area contributed by atoms with Crippen LogP contribution in [0.1, 0.15) is 24.7 Å². The molecule has 0 atom stereocenters. The standard InChI is InChI=1S/C14H27N5/c1-7-8-15-13-11(2)14(17-12(3)16-13)19(6)10-9-18(4)5/h7-10H2,1-6H3,(H,15,16,17). The molecule has 0 spiro atoms. The van der Waals surface area contributed by atoms with Gasteiger partial charge in [-0.05, 0) is 34.4 Å². The van der Waals surface area contributed by atoms with Crippen LogP contribution >= 0.6 is 0 Å². The number of hydrogen-bond acceptors (Lipinski definition) is 5. The highest BCUT2D eigenvalue weighted by Crippen LogP contribution is 2.22. The molecule has 0 aliphatic heterocycles. The number of anilines is 2. The number of hydrogen-bond donors (Lipinski definition) is 1. The molecule has 19 heavy (non-hydrogen) atoms. The minimum atomic E-state index is 0.816. The smallest absolute Gasteiger partial charge is 0.137 e. The minimum absolute atomic E-state index is 0.816. The summed E-state index contributed by atoms with van der Waals surface area (Å²) < 4.78 is 0. The van der Waals surface area contributed by atoms with E-state index in [1.807, 2.05) is 6.92 Å². The summed E-state index contributed by atoms with van der Waals surface area (Å²) in [5.41, 5.74) is 1.13. The zero-order valence-corrected chi connectivity index (χ0v) is 13.1. The summed E-state index contributed by atoms with van der Waals surface area (Å²) in [6.07, 6.45) is 1.09. The molecule has 0 radical (unpaired) electrons. The molecular formula is C14H27N5. The molecule has 1 rings (SSSR count). The Bertz CT molecular complexity index is 403. The van der Waals surface area contributed by atoms with E-state index in [-0.39, 0.29) is 0 Å². The van der Waals surface area contributed by atoms with Crippen molar-refractivity contribution in [3.05, 3.63) is 11.4 Å². The average molecular weight is 265 g/mol. The zero-order chi connectivity index (χ0) is 14.4. The Balaban J connectivity index is 2.90. The van der Waals surface area contributed by atoms with E-state index in [1.54, 1.807) is 0 Å². The van der Waals surface area contributed by atoms with Crippen LogP contribution in [0.15, 0.2) is 0 Å². The van der Waals surface area contributed by atoms with Crippen molar-refractivity contribution in [2.24, 2.45) is 0 Å². The van der Waals surface area contributed by atoms with Crippen LogP contribution in [0, 0.1) is 13.8 Å². The van der Waals surface area contributed by atoms with Crippen LogP contribution in [0.5, 0.6) is 0 Å². The predicted molar refractivity (Wildman–Crippen MR) is 82.1 cm³/mol. The SMILES string of the molecule is CCCNc1nc(C)nc(N(C)CCN(C)C)c1C. The fourth-order valence-corrected chi connectivity index (χ4v) is 1.86. The van der Waals surface area contributed by atoms with Gasteiger partial charge in [0.25, 0.3) is 0 Å². The molecule has 1 aromatic rings. The summed E-state index contributed by atoms with van der Waals surface area (Å²) in [6, 6.07) is 0. The summed E-state index contributed by atoms with van der Waals surface area (Å²) in [7, 11) is 6.25. The van der Waals surface area contributed by atoms with Crippen LogP contribution in [0.4, 0.5) is 11.6 Å². The summed E-state index contributed by atoms with van der Waals surface area (Å²) in [6.45, 7) is 9.09. The van der Waals surface area contributed by atoms with Crippen molar-refractivity contribution >= 4 is 11.6 Å². The summed E-state index contributed by atoms with van der Waals surface area (Å²) >= 11 is 0. The number of nitrogens with one attached hydrogen (secondary N) is 1. The van der Waals surface area contributed by atoms with E-state index < -0.39 is 0 Å². The first-order valence-electron chi connectivity index (χ1n) is 6.90. The molecule has 1 heterocycles. The lowest BCUT2D eigenvalue weighted by molar-refractivity contribution is 0.416. The number of aryl methyl sites for hydroxylation is 1. The Morgan fingerprint density at radius 3 is 2.32 bits per heavy atom. The molecule has 0 saturated heterocycles. The van der Waals surface area contributed by atoms with Crippen LogP contribution in [0.3, 0.4) is 0 Å². The van der Waals surface area contributed by atoms with E-state index in [0.717, 1.165) is 49.1 Å². The first kappa shape index (κ1) is 15.7. The molecular weight excluding hydrogens is 238 g/mol. The number of rotatable bonds is 7. The van der Waals surface area contributed by atoms with Crippen molar-refractivity contribution in [2.45, 2.75) is 27.2 Å². The predicted octanol–water partition coefficient (Wildman–Crippen LogP) is 1.91. The number of aromatic nitrogens is 2. The molecule has 1 aromatic heterocycles. The second-order valence-electron chi connectivity index (χ2n) is 5.22. The van der Waals surface area contributed by atoms with E-state index >= 15 is 0 Å². The van der Waals surface area contributed by atoms with Gasteiger partial charge in [-0.3, -0.25) is 0 Å². The third-order valence-corrected chi connectivity index (χ3v) is 3.02. The van der Waals surface area contributed by atoms with Gasteiger partial charge in [-0.15, -0.1) is 0 Å². The summed E-state index contributed by atoms with van der Waals surface area (Å²) in [5, 5.41) is 3.38. The zero-order valence-electron chi connectivity index (χ0n) is 13.1. The number of likely N-dealkylation sites (N-methyl/N-ethyl adjacent to an activating group) is 2. The van der Waals surface area contributed by atoms with Crippen molar-refractivity contribution in [1.29, 1.82) is 0 Å². The Hall–Kier alpha value is -1.36. The Morgan fingerprint density at radius 2 is 1.74 bits per heavy atom. The second kappa shape index (κ2) is 7.28. The van der Waals surface area contributed by atoms with Crippen molar-refractivity contribution < 1.29 is 0 Å². The first-order valence-corrected chi connectivity index (χ1v) is 6.90. The summed E-state index contributed by atoms with van der Waals surface area (Å²) in [4.78, 5) is 13.4. The normalized spacial score (nSPS) is 10.9. The summed E-state index contributed by atoms with van der Waals surface area (Å²) in [5.74, 6) is 2.80. The maximum atomic E-state index is 4.58. The van der Waals surface area contributed by atoms with Crippen molar-refractivity contribution in [2.75, 3.05) is 51.0 Å². The number of nitrogens with zero attached hydrogens (tertiary/aromatic N) is 4. The molecule has 0 aromatic carbocycles. The fourth-order valence-electron chi connectivity index (χ4n) is 1.86.